The van der Waals surface area contributed by atoms with Gasteiger partial charge in [0, 0.05) is 24.8 Å². The predicted molar refractivity (Wildman–Crippen MR) is 104 cm³/mol. The fourth-order valence-electron chi connectivity index (χ4n) is 4.62. The summed E-state index contributed by atoms with van der Waals surface area (Å²) in [4.78, 5) is 15.1. The van der Waals surface area contributed by atoms with Crippen LogP contribution in [0.3, 0.4) is 0 Å². The number of amides is 1. The minimum absolute atomic E-state index is 0.0441. The van der Waals surface area contributed by atoms with Gasteiger partial charge in [0.25, 0.3) is 0 Å². The van der Waals surface area contributed by atoms with Crippen molar-refractivity contribution in [2.24, 2.45) is 5.41 Å². The maximum Gasteiger partial charge on any atom is 0.233 e. The molecule has 0 aromatic heterocycles. The third-order valence-electron chi connectivity index (χ3n) is 6.77. The van der Waals surface area contributed by atoms with Gasteiger partial charge in [0.2, 0.25) is 5.91 Å². The fourth-order valence-corrected chi connectivity index (χ4v) is 4.62. The van der Waals surface area contributed by atoms with E-state index in [9.17, 15) is 9.90 Å². The van der Waals surface area contributed by atoms with E-state index in [-0.39, 0.29) is 16.7 Å². The molecule has 144 valence electrons. The summed E-state index contributed by atoms with van der Waals surface area (Å²) < 4.78 is 5.32. The number of methoxy groups -OCH3 is 1. The Morgan fingerprint density at radius 2 is 1.73 bits per heavy atom. The summed E-state index contributed by atoms with van der Waals surface area (Å²) in [5.74, 6) is 0.250. The van der Waals surface area contributed by atoms with Crippen LogP contribution in [-0.4, -0.2) is 36.9 Å². The number of nitrogens with zero attached hydrogens (tertiary/aromatic N) is 1. The second-order valence-corrected chi connectivity index (χ2v) is 8.93. The van der Waals surface area contributed by atoms with Crippen molar-refractivity contribution in [3.8, 4) is 0 Å². The van der Waals surface area contributed by atoms with Gasteiger partial charge in [-0.1, -0.05) is 32.9 Å². The number of rotatable bonds is 5. The second-order valence-electron chi connectivity index (χ2n) is 8.93. The van der Waals surface area contributed by atoms with Crippen molar-refractivity contribution >= 4 is 11.6 Å². The summed E-state index contributed by atoms with van der Waals surface area (Å²) in [7, 11) is 1.72. The van der Waals surface area contributed by atoms with Crippen LogP contribution in [0.25, 0.3) is 0 Å². The Bertz CT molecular complexity index is 642. The number of anilines is 1. The van der Waals surface area contributed by atoms with Crippen molar-refractivity contribution in [2.45, 2.75) is 70.3 Å². The zero-order valence-electron chi connectivity index (χ0n) is 16.7. The minimum Gasteiger partial charge on any atom is -0.390 e. The quantitative estimate of drug-likeness (QED) is 0.863. The third kappa shape index (κ3) is 3.41. The third-order valence-corrected chi connectivity index (χ3v) is 6.77. The summed E-state index contributed by atoms with van der Waals surface area (Å²) >= 11 is 0. The highest BCUT2D eigenvalue weighted by molar-refractivity contribution is 6.00. The lowest BCUT2D eigenvalue weighted by atomic mass is 9.67. The van der Waals surface area contributed by atoms with Gasteiger partial charge in [0.1, 0.15) is 0 Å². The molecule has 2 aliphatic rings. The summed E-state index contributed by atoms with van der Waals surface area (Å²) in [6.45, 7) is 7.81. The average molecular weight is 360 g/mol. The van der Waals surface area contributed by atoms with Gasteiger partial charge in [-0.05, 0) is 56.2 Å². The van der Waals surface area contributed by atoms with Crippen LogP contribution in [0.2, 0.25) is 0 Å². The Morgan fingerprint density at radius 3 is 2.27 bits per heavy atom. The topological polar surface area (TPSA) is 49.8 Å². The van der Waals surface area contributed by atoms with E-state index >= 15 is 0 Å². The molecule has 1 amide bonds. The zero-order valence-corrected chi connectivity index (χ0v) is 16.7. The molecule has 3 rings (SSSR count). The molecule has 0 bridgehead atoms. The van der Waals surface area contributed by atoms with Gasteiger partial charge in [-0.3, -0.25) is 4.79 Å². The molecular weight excluding hydrogens is 326 g/mol. The lowest BCUT2D eigenvalue weighted by molar-refractivity contribution is -0.130. The maximum atomic E-state index is 13.2. The van der Waals surface area contributed by atoms with Crippen molar-refractivity contribution in [2.75, 3.05) is 25.2 Å². The first kappa shape index (κ1) is 19.4. The van der Waals surface area contributed by atoms with Crippen LogP contribution in [0.1, 0.15) is 64.9 Å². The number of carbonyl (C=O) groups excluding carboxylic acids is 1. The highest BCUT2D eigenvalue weighted by Gasteiger charge is 2.51. The molecule has 1 N–H and O–H groups in total. The molecule has 1 aromatic carbocycles. The Kier molecular flexibility index (Phi) is 5.19. The highest BCUT2D eigenvalue weighted by atomic mass is 16.5. The molecule has 0 atom stereocenters. The number of hydrogen-bond donors (Lipinski definition) is 1. The smallest absolute Gasteiger partial charge is 0.233 e. The van der Waals surface area contributed by atoms with Gasteiger partial charge in [-0.25, -0.2) is 0 Å². The van der Waals surface area contributed by atoms with E-state index in [1.165, 1.54) is 5.56 Å². The standard InChI is InChI=1S/C22H33NO3/c1-5-22(25)12-10-21(11-13-22)14-15-23(19(21)24)18-8-6-17(7-9-18)20(2,3)16-26-4/h6-9,25H,5,10-16H2,1-4H3/t21-,22-. The average Bonchev–Trinajstić information content (AvgIpc) is 2.95. The van der Waals surface area contributed by atoms with Crippen LogP contribution in [0.5, 0.6) is 0 Å². The van der Waals surface area contributed by atoms with Crippen LogP contribution in [0.4, 0.5) is 5.69 Å². The van der Waals surface area contributed by atoms with Crippen LogP contribution in [0, 0.1) is 5.41 Å². The monoisotopic (exact) mass is 359 g/mol. The van der Waals surface area contributed by atoms with Crippen molar-refractivity contribution < 1.29 is 14.6 Å². The fraction of sp³-hybridized carbons (Fsp3) is 0.682. The first-order valence-electron chi connectivity index (χ1n) is 9.89. The first-order chi connectivity index (χ1) is 12.3. The lowest BCUT2D eigenvalue weighted by Gasteiger charge is -2.40. The molecule has 26 heavy (non-hydrogen) atoms. The lowest BCUT2D eigenvalue weighted by Crippen LogP contribution is -2.43. The Morgan fingerprint density at radius 1 is 1.12 bits per heavy atom. The zero-order chi connectivity index (χ0) is 19.0. The van der Waals surface area contributed by atoms with Gasteiger partial charge in [0.15, 0.2) is 0 Å². The van der Waals surface area contributed by atoms with Crippen LogP contribution >= 0.6 is 0 Å². The Labute approximate surface area is 157 Å². The largest absolute Gasteiger partial charge is 0.390 e. The van der Waals surface area contributed by atoms with E-state index in [4.69, 9.17) is 4.74 Å². The summed E-state index contributed by atoms with van der Waals surface area (Å²) in [6, 6.07) is 8.36. The normalized spacial score (nSPS) is 29.6. The molecule has 1 heterocycles. The Balaban J connectivity index is 1.73. The van der Waals surface area contributed by atoms with Crippen molar-refractivity contribution in [1.82, 2.24) is 0 Å². The summed E-state index contributed by atoms with van der Waals surface area (Å²) in [6.07, 6.45) is 4.79. The minimum atomic E-state index is -0.562. The van der Waals surface area contributed by atoms with Gasteiger partial charge in [0.05, 0.1) is 17.6 Å². The van der Waals surface area contributed by atoms with Crippen molar-refractivity contribution in [1.29, 1.82) is 0 Å². The summed E-state index contributed by atoms with van der Waals surface area (Å²) in [5.41, 5.74) is 1.34. The highest BCUT2D eigenvalue weighted by Crippen LogP contribution is 2.49. The van der Waals surface area contributed by atoms with Crippen LogP contribution in [-0.2, 0) is 14.9 Å². The second kappa shape index (κ2) is 6.97. The SMILES string of the molecule is CC[C@]1(O)CC[C@@]2(CCN(c3ccc(C(C)(C)COC)cc3)C2=O)CC1. The molecule has 1 aliphatic heterocycles. The molecule has 4 nitrogen and oxygen atoms in total. The van der Waals surface area contributed by atoms with Crippen LogP contribution in [0.15, 0.2) is 24.3 Å². The number of aliphatic hydroxyl groups is 1. The number of hydrogen-bond acceptors (Lipinski definition) is 3. The maximum absolute atomic E-state index is 13.2. The molecule has 0 radical (unpaired) electrons. The van der Waals surface area contributed by atoms with E-state index in [0.29, 0.717) is 6.61 Å². The number of carbonyl (C=O) groups is 1. The van der Waals surface area contributed by atoms with Gasteiger partial charge < -0.3 is 14.7 Å². The number of ether oxygens (including phenoxy) is 1. The molecule has 1 spiro atoms. The van der Waals surface area contributed by atoms with E-state index in [1.54, 1.807) is 7.11 Å². The molecule has 4 heteroatoms. The van der Waals surface area contributed by atoms with Gasteiger partial charge in [-0.15, -0.1) is 0 Å². The molecule has 1 aliphatic carbocycles. The Hall–Kier alpha value is -1.39. The van der Waals surface area contributed by atoms with Gasteiger partial charge >= 0.3 is 0 Å². The molecule has 1 aromatic rings. The molecule has 1 saturated heterocycles. The first-order valence-corrected chi connectivity index (χ1v) is 9.89. The molecule has 1 saturated carbocycles. The molecule has 0 unspecified atom stereocenters. The summed E-state index contributed by atoms with van der Waals surface area (Å²) in [5, 5.41) is 10.5. The predicted octanol–water partition coefficient (Wildman–Crippen LogP) is 4.05. The van der Waals surface area contributed by atoms with E-state index in [1.807, 2.05) is 11.8 Å². The van der Waals surface area contributed by atoms with Crippen LogP contribution < -0.4 is 4.90 Å². The van der Waals surface area contributed by atoms with Crippen molar-refractivity contribution in [3.63, 3.8) is 0 Å². The van der Waals surface area contributed by atoms with E-state index in [2.05, 4.69) is 38.1 Å². The number of benzene rings is 1. The molecular formula is C22H33NO3. The van der Waals surface area contributed by atoms with Gasteiger partial charge in [-0.2, -0.15) is 0 Å². The van der Waals surface area contributed by atoms with Crippen molar-refractivity contribution in [3.05, 3.63) is 29.8 Å². The molecule has 2 fully saturated rings. The van der Waals surface area contributed by atoms with E-state index < -0.39 is 5.60 Å². The van der Waals surface area contributed by atoms with E-state index in [0.717, 1.165) is 50.8 Å².